The largest absolute Gasteiger partial charge is 0.441 e. The fraction of sp³-hybridized carbons (Fsp3) is 0.125. The van der Waals surface area contributed by atoms with Crippen molar-refractivity contribution in [1.29, 1.82) is 0 Å². The summed E-state index contributed by atoms with van der Waals surface area (Å²) in [4.78, 5) is 4.03. The Hall–Kier alpha value is -1.51. The van der Waals surface area contributed by atoms with Gasteiger partial charge in [-0.2, -0.15) is 0 Å². The smallest absolute Gasteiger partial charge is 0.182 e. The Morgan fingerprint density at radius 3 is 3.00 bits per heavy atom. The Morgan fingerprint density at radius 1 is 1.45 bits per heavy atom. The summed E-state index contributed by atoms with van der Waals surface area (Å²) in [5.41, 5.74) is 8.90. The Morgan fingerprint density at radius 2 is 2.27 bits per heavy atom. The Kier molecular flexibility index (Phi) is 1.12. The van der Waals surface area contributed by atoms with Gasteiger partial charge in [-0.25, -0.2) is 4.98 Å². The highest BCUT2D eigenvalue weighted by molar-refractivity contribution is 5.86. The first-order valence-corrected chi connectivity index (χ1v) is 3.37. The molecule has 2 aromatic rings. The van der Waals surface area contributed by atoms with Gasteiger partial charge in [-0.3, -0.25) is 0 Å². The second-order valence-corrected chi connectivity index (χ2v) is 2.50. The van der Waals surface area contributed by atoms with Gasteiger partial charge in [-0.15, -0.1) is 0 Å². The van der Waals surface area contributed by atoms with Crippen LogP contribution in [0.4, 0.5) is 5.69 Å². The minimum atomic E-state index is 0.642. The van der Waals surface area contributed by atoms with Crippen molar-refractivity contribution >= 4 is 16.8 Å². The summed E-state index contributed by atoms with van der Waals surface area (Å²) in [6.45, 7) is 1.98. The lowest BCUT2D eigenvalue weighted by Gasteiger charge is -1.95. The van der Waals surface area contributed by atoms with Gasteiger partial charge in [-0.1, -0.05) is 6.07 Å². The number of hydrogen-bond acceptors (Lipinski definition) is 3. The molecular formula is C8H8N2O. The van der Waals surface area contributed by atoms with Gasteiger partial charge < -0.3 is 10.2 Å². The zero-order valence-corrected chi connectivity index (χ0v) is 6.16. The van der Waals surface area contributed by atoms with Crippen molar-refractivity contribution in [3.05, 3.63) is 24.1 Å². The number of anilines is 1. The van der Waals surface area contributed by atoms with E-state index in [1.165, 1.54) is 6.39 Å². The average molecular weight is 148 g/mol. The van der Waals surface area contributed by atoms with Gasteiger partial charge in [0.05, 0.1) is 5.69 Å². The number of oxazole rings is 1. The van der Waals surface area contributed by atoms with Gasteiger partial charge in [0.15, 0.2) is 12.0 Å². The maximum Gasteiger partial charge on any atom is 0.182 e. The lowest BCUT2D eigenvalue weighted by Crippen LogP contribution is -1.86. The van der Waals surface area contributed by atoms with Crippen LogP contribution in [-0.2, 0) is 0 Å². The summed E-state index contributed by atoms with van der Waals surface area (Å²) in [6, 6.07) is 3.75. The molecule has 0 saturated heterocycles. The minimum absolute atomic E-state index is 0.642. The van der Waals surface area contributed by atoms with E-state index in [1.807, 2.05) is 19.1 Å². The number of hydrogen-bond donors (Lipinski definition) is 1. The van der Waals surface area contributed by atoms with Gasteiger partial charge in [0.2, 0.25) is 0 Å². The van der Waals surface area contributed by atoms with Gasteiger partial charge in [0.1, 0.15) is 5.52 Å². The number of benzene rings is 1. The normalized spacial score (nSPS) is 10.6. The van der Waals surface area contributed by atoms with E-state index >= 15 is 0 Å². The molecule has 2 rings (SSSR count). The van der Waals surface area contributed by atoms with Crippen molar-refractivity contribution < 1.29 is 4.42 Å². The van der Waals surface area contributed by atoms with Crippen LogP contribution in [0.25, 0.3) is 11.1 Å². The standard InChI is InChI=1S/C8H8N2O/c1-5-2-3-6(9)8-7(5)10-4-11-8/h2-4H,9H2,1H3. The lowest BCUT2D eigenvalue weighted by molar-refractivity contribution is 0.603. The van der Waals surface area contributed by atoms with E-state index in [-0.39, 0.29) is 0 Å². The maximum atomic E-state index is 5.64. The van der Waals surface area contributed by atoms with Crippen molar-refractivity contribution in [2.75, 3.05) is 5.73 Å². The van der Waals surface area contributed by atoms with Crippen LogP contribution >= 0.6 is 0 Å². The number of nitrogens with two attached hydrogens (primary N) is 1. The Balaban J connectivity index is 2.96. The van der Waals surface area contributed by atoms with Crippen LogP contribution in [-0.4, -0.2) is 4.98 Å². The quantitative estimate of drug-likeness (QED) is 0.578. The molecule has 0 bridgehead atoms. The van der Waals surface area contributed by atoms with Gasteiger partial charge in [-0.05, 0) is 18.6 Å². The van der Waals surface area contributed by atoms with Crippen LogP contribution in [0.5, 0.6) is 0 Å². The molecule has 3 heteroatoms. The number of aryl methyl sites for hydroxylation is 1. The summed E-state index contributed by atoms with van der Waals surface area (Å²) < 4.78 is 5.09. The molecule has 11 heavy (non-hydrogen) atoms. The van der Waals surface area contributed by atoms with Crippen molar-refractivity contribution in [2.24, 2.45) is 0 Å². The predicted molar refractivity (Wildman–Crippen MR) is 43.2 cm³/mol. The van der Waals surface area contributed by atoms with E-state index in [4.69, 9.17) is 10.2 Å². The van der Waals surface area contributed by atoms with Gasteiger partial charge >= 0.3 is 0 Å². The first-order chi connectivity index (χ1) is 5.29. The lowest BCUT2D eigenvalue weighted by atomic mass is 10.2. The van der Waals surface area contributed by atoms with E-state index < -0.39 is 0 Å². The molecule has 0 unspecified atom stereocenters. The molecule has 0 spiro atoms. The molecule has 2 N–H and O–H groups in total. The molecule has 0 fully saturated rings. The Bertz CT molecular complexity index is 356. The highest BCUT2D eigenvalue weighted by Crippen LogP contribution is 2.22. The molecule has 0 aliphatic rings. The highest BCUT2D eigenvalue weighted by atomic mass is 16.3. The zero-order valence-electron chi connectivity index (χ0n) is 6.16. The van der Waals surface area contributed by atoms with E-state index in [2.05, 4.69) is 4.98 Å². The number of rotatable bonds is 0. The first-order valence-electron chi connectivity index (χ1n) is 3.37. The third-order valence-electron chi connectivity index (χ3n) is 1.72. The minimum Gasteiger partial charge on any atom is -0.441 e. The van der Waals surface area contributed by atoms with Crippen LogP contribution < -0.4 is 5.73 Å². The van der Waals surface area contributed by atoms with Crippen LogP contribution in [0.1, 0.15) is 5.56 Å². The van der Waals surface area contributed by atoms with E-state index in [9.17, 15) is 0 Å². The van der Waals surface area contributed by atoms with Gasteiger partial charge in [0, 0.05) is 0 Å². The number of aromatic nitrogens is 1. The summed E-state index contributed by atoms with van der Waals surface area (Å²) >= 11 is 0. The molecule has 1 heterocycles. The zero-order chi connectivity index (χ0) is 7.84. The molecule has 0 atom stereocenters. The molecule has 0 aliphatic carbocycles. The molecular weight excluding hydrogens is 140 g/mol. The van der Waals surface area contributed by atoms with Crippen molar-refractivity contribution in [1.82, 2.24) is 4.98 Å². The van der Waals surface area contributed by atoms with E-state index in [0.29, 0.717) is 11.3 Å². The third kappa shape index (κ3) is 0.774. The summed E-state index contributed by atoms with van der Waals surface area (Å²) in [5, 5.41) is 0. The van der Waals surface area contributed by atoms with Crippen molar-refractivity contribution in [3.63, 3.8) is 0 Å². The molecule has 0 radical (unpaired) electrons. The predicted octanol–water partition coefficient (Wildman–Crippen LogP) is 1.72. The summed E-state index contributed by atoms with van der Waals surface area (Å²) in [7, 11) is 0. The average Bonchev–Trinajstić information content (AvgIpc) is 2.45. The second-order valence-electron chi connectivity index (χ2n) is 2.50. The van der Waals surface area contributed by atoms with Crippen molar-refractivity contribution in [2.45, 2.75) is 6.92 Å². The molecule has 0 aliphatic heterocycles. The van der Waals surface area contributed by atoms with Crippen LogP contribution in [0.2, 0.25) is 0 Å². The molecule has 0 amide bonds. The molecule has 56 valence electrons. The SMILES string of the molecule is Cc1ccc(N)c2ocnc12. The van der Waals surface area contributed by atoms with Crippen LogP contribution in [0, 0.1) is 6.92 Å². The number of nitrogen functional groups attached to an aromatic ring is 1. The fourth-order valence-corrected chi connectivity index (χ4v) is 1.10. The monoisotopic (exact) mass is 148 g/mol. The number of nitrogens with zero attached hydrogens (tertiary/aromatic N) is 1. The second kappa shape index (κ2) is 1.99. The number of fused-ring (bicyclic) bond motifs is 1. The highest BCUT2D eigenvalue weighted by Gasteiger charge is 2.03. The third-order valence-corrected chi connectivity index (χ3v) is 1.72. The maximum absolute atomic E-state index is 5.64. The van der Waals surface area contributed by atoms with Gasteiger partial charge in [0.25, 0.3) is 0 Å². The Labute approximate surface area is 63.8 Å². The first kappa shape index (κ1) is 6.22. The van der Waals surface area contributed by atoms with Crippen molar-refractivity contribution in [3.8, 4) is 0 Å². The van der Waals surface area contributed by atoms with E-state index in [1.54, 1.807) is 0 Å². The van der Waals surface area contributed by atoms with Crippen LogP contribution in [0.15, 0.2) is 22.9 Å². The molecule has 1 aromatic heterocycles. The molecule has 1 aromatic carbocycles. The summed E-state index contributed by atoms with van der Waals surface area (Å²) in [6.07, 6.45) is 1.41. The summed E-state index contributed by atoms with van der Waals surface area (Å²) in [5.74, 6) is 0. The fourth-order valence-electron chi connectivity index (χ4n) is 1.10. The molecule has 0 saturated carbocycles. The topological polar surface area (TPSA) is 52.0 Å². The van der Waals surface area contributed by atoms with E-state index in [0.717, 1.165) is 11.1 Å². The van der Waals surface area contributed by atoms with Crippen LogP contribution in [0.3, 0.4) is 0 Å². The molecule has 3 nitrogen and oxygen atoms in total.